The molecule has 0 unspecified atom stereocenters. The number of rotatable bonds is 7. The molecular formula is C23H29N7O. The average Bonchev–Trinajstić information content (AvgIpc) is 3.19. The van der Waals surface area contributed by atoms with Crippen LogP contribution in [0.4, 0.5) is 5.69 Å². The Morgan fingerprint density at radius 3 is 2.77 bits per heavy atom. The van der Waals surface area contributed by atoms with E-state index in [-0.39, 0.29) is 11.9 Å². The highest BCUT2D eigenvalue weighted by Crippen LogP contribution is 2.15. The number of nitrogens with one attached hydrogen (secondary N) is 3. The summed E-state index contributed by atoms with van der Waals surface area (Å²) in [5, 5.41) is 6.30. The highest BCUT2D eigenvalue weighted by Gasteiger charge is 2.20. The quantitative estimate of drug-likeness (QED) is 0.294. The summed E-state index contributed by atoms with van der Waals surface area (Å²) in [6.07, 6.45) is 3.59. The summed E-state index contributed by atoms with van der Waals surface area (Å²) in [4.78, 5) is 22.6. The van der Waals surface area contributed by atoms with Crippen molar-refractivity contribution in [1.29, 1.82) is 0 Å². The minimum absolute atomic E-state index is 0.0966. The molecule has 1 aromatic heterocycles. The number of likely N-dealkylation sites (tertiary alicyclic amines) is 1. The molecule has 3 aromatic rings. The lowest BCUT2D eigenvalue weighted by Gasteiger charge is -2.34. The third-order valence-electron chi connectivity index (χ3n) is 5.45. The van der Waals surface area contributed by atoms with Gasteiger partial charge in [0.1, 0.15) is 11.6 Å². The van der Waals surface area contributed by atoms with Crippen molar-refractivity contribution in [2.24, 2.45) is 5.73 Å². The number of para-hydroxylation sites is 3. The number of H-pyrrole nitrogens is 1. The van der Waals surface area contributed by atoms with E-state index in [4.69, 9.17) is 11.5 Å². The second-order valence-electron chi connectivity index (χ2n) is 7.85. The van der Waals surface area contributed by atoms with Crippen LogP contribution in [0.5, 0.6) is 0 Å². The molecular weight excluding hydrogens is 390 g/mol. The smallest absolute Gasteiger partial charge is 0.247 e. The van der Waals surface area contributed by atoms with E-state index in [1.165, 1.54) is 0 Å². The van der Waals surface area contributed by atoms with Gasteiger partial charge in [0.2, 0.25) is 5.91 Å². The van der Waals surface area contributed by atoms with Crippen LogP contribution in [0.3, 0.4) is 0 Å². The lowest BCUT2D eigenvalue weighted by molar-refractivity contribution is -0.116. The van der Waals surface area contributed by atoms with Crippen LogP contribution in [-0.4, -0.2) is 39.9 Å². The Morgan fingerprint density at radius 1 is 1.16 bits per heavy atom. The summed E-state index contributed by atoms with van der Waals surface area (Å²) in [5.74, 6) is 1.28. The van der Waals surface area contributed by atoms with Gasteiger partial charge in [-0.2, -0.15) is 0 Å². The van der Waals surface area contributed by atoms with Crippen molar-refractivity contribution in [3.05, 3.63) is 71.8 Å². The fraction of sp³-hybridized carbons (Fsp3) is 0.304. The Hall–Kier alpha value is -3.52. The van der Waals surface area contributed by atoms with Gasteiger partial charge >= 0.3 is 0 Å². The second-order valence-corrected chi connectivity index (χ2v) is 7.85. The maximum absolute atomic E-state index is 12.7. The third-order valence-corrected chi connectivity index (χ3v) is 5.45. The topological polar surface area (TPSA) is 125 Å². The minimum atomic E-state index is -0.192. The molecule has 1 saturated heterocycles. The number of amides is 1. The van der Waals surface area contributed by atoms with E-state index >= 15 is 0 Å². The first-order valence-corrected chi connectivity index (χ1v) is 10.6. The first-order chi connectivity index (χ1) is 15.1. The minimum Gasteiger partial charge on any atom is -0.398 e. The zero-order chi connectivity index (χ0) is 21.6. The van der Waals surface area contributed by atoms with Crippen molar-refractivity contribution in [3.8, 4) is 0 Å². The number of aromatic nitrogens is 2. The zero-order valence-electron chi connectivity index (χ0n) is 17.5. The molecule has 1 aliphatic heterocycles. The summed E-state index contributed by atoms with van der Waals surface area (Å²) in [6.45, 7) is 2.41. The van der Waals surface area contributed by atoms with Crippen molar-refractivity contribution >= 4 is 22.6 Å². The molecule has 0 aliphatic carbocycles. The molecule has 1 aliphatic rings. The predicted octanol–water partition coefficient (Wildman–Crippen LogP) is 1.82. The van der Waals surface area contributed by atoms with Crippen molar-refractivity contribution in [3.63, 3.8) is 0 Å². The van der Waals surface area contributed by atoms with Gasteiger partial charge in [-0.1, -0.05) is 30.3 Å². The number of imidazole rings is 1. The fourth-order valence-electron chi connectivity index (χ4n) is 3.80. The summed E-state index contributed by atoms with van der Waals surface area (Å²) in [7, 11) is 0. The molecule has 0 bridgehead atoms. The van der Waals surface area contributed by atoms with Crippen LogP contribution in [0.1, 0.15) is 24.2 Å². The highest BCUT2D eigenvalue weighted by atomic mass is 16.1. The highest BCUT2D eigenvalue weighted by molar-refractivity contribution is 5.88. The first-order valence-electron chi connectivity index (χ1n) is 10.6. The van der Waals surface area contributed by atoms with Crippen LogP contribution in [0, 0.1) is 0 Å². The molecule has 162 valence electrons. The van der Waals surface area contributed by atoms with Gasteiger partial charge < -0.3 is 32.0 Å². The number of aromatic amines is 1. The van der Waals surface area contributed by atoms with Crippen molar-refractivity contribution in [2.75, 3.05) is 18.8 Å². The van der Waals surface area contributed by atoms with Crippen molar-refractivity contribution in [1.82, 2.24) is 25.5 Å². The number of hydrogen-bond acceptors (Lipinski definition) is 6. The van der Waals surface area contributed by atoms with E-state index < -0.39 is 0 Å². The molecule has 8 heteroatoms. The number of carbonyl (C=O) groups excluding carboxylic acids is 1. The average molecular weight is 420 g/mol. The van der Waals surface area contributed by atoms with E-state index in [1.54, 1.807) is 6.08 Å². The van der Waals surface area contributed by atoms with Crippen LogP contribution < -0.4 is 22.1 Å². The molecule has 7 N–H and O–H groups in total. The van der Waals surface area contributed by atoms with Crippen LogP contribution >= 0.6 is 0 Å². The number of nitrogens with zero attached hydrogens (tertiary/aromatic N) is 2. The molecule has 2 aromatic carbocycles. The Kier molecular flexibility index (Phi) is 6.37. The molecule has 8 nitrogen and oxygen atoms in total. The number of fused-ring (bicyclic) bond motifs is 1. The largest absolute Gasteiger partial charge is 0.398 e. The zero-order valence-corrected chi connectivity index (χ0v) is 17.5. The summed E-state index contributed by atoms with van der Waals surface area (Å²) >= 11 is 0. The molecule has 0 radical (unpaired) electrons. The van der Waals surface area contributed by atoms with E-state index in [1.807, 2.05) is 48.5 Å². The SMILES string of the molecule is Nc1ccccc1CN/C(=C\C(=O)NCc1nc2ccccc2[nH]1)N1CCC[C@@H](N)C1. The van der Waals surface area contributed by atoms with E-state index in [0.717, 1.165) is 53.3 Å². The Labute approximate surface area is 181 Å². The number of hydrogen-bond donors (Lipinski definition) is 5. The lowest BCUT2D eigenvalue weighted by atomic mass is 10.1. The molecule has 2 heterocycles. The first kappa shape index (κ1) is 20.7. The number of benzene rings is 2. The Balaban J connectivity index is 1.44. The monoisotopic (exact) mass is 419 g/mol. The van der Waals surface area contributed by atoms with E-state index in [2.05, 4.69) is 25.5 Å². The van der Waals surface area contributed by atoms with Crippen LogP contribution in [0.15, 0.2) is 60.4 Å². The van der Waals surface area contributed by atoms with Crippen molar-refractivity contribution in [2.45, 2.75) is 32.0 Å². The fourth-order valence-corrected chi connectivity index (χ4v) is 3.80. The number of nitrogen functional groups attached to an aromatic ring is 1. The molecule has 1 atom stereocenters. The van der Waals surface area contributed by atoms with Crippen molar-refractivity contribution < 1.29 is 4.79 Å². The van der Waals surface area contributed by atoms with Crippen LogP contribution in [0.2, 0.25) is 0 Å². The summed E-state index contributed by atoms with van der Waals surface area (Å²) < 4.78 is 0. The predicted molar refractivity (Wildman–Crippen MR) is 122 cm³/mol. The molecule has 4 rings (SSSR count). The molecule has 0 saturated carbocycles. The Bertz CT molecular complexity index is 1040. The van der Waals surface area contributed by atoms with Gasteiger partial charge in [-0.15, -0.1) is 0 Å². The van der Waals surface area contributed by atoms with Gasteiger partial charge in [-0.3, -0.25) is 4.79 Å². The summed E-state index contributed by atoms with van der Waals surface area (Å²) in [5.41, 5.74) is 15.8. The third kappa shape index (κ3) is 5.35. The number of anilines is 1. The van der Waals surface area contributed by atoms with Gasteiger partial charge in [0.25, 0.3) is 0 Å². The van der Waals surface area contributed by atoms with Crippen LogP contribution in [-0.2, 0) is 17.9 Å². The van der Waals surface area contributed by atoms with E-state index in [9.17, 15) is 4.79 Å². The molecule has 31 heavy (non-hydrogen) atoms. The van der Waals surface area contributed by atoms with Gasteiger partial charge in [0.15, 0.2) is 0 Å². The standard InChI is InChI=1S/C23H29N7O/c24-17-7-5-11-30(15-17)22(26-13-16-6-1-2-8-18(16)25)12-23(31)27-14-21-28-19-9-3-4-10-20(19)29-21/h1-4,6,8-10,12,17,26H,5,7,11,13-15,24-25H2,(H,27,31)(H,28,29)/b22-12+/t17-/m1/s1. The van der Waals surface area contributed by atoms with Gasteiger partial charge in [0, 0.05) is 37.4 Å². The Morgan fingerprint density at radius 2 is 1.97 bits per heavy atom. The van der Waals surface area contributed by atoms with Gasteiger partial charge in [-0.05, 0) is 36.6 Å². The van der Waals surface area contributed by atoms with Gasteiger partial charge in [0.05, 0.1) is 17.6 Å². The number of nitrogens with two attached hydrogens (primary N) is 2. The number of carbonyl (C=O) groups is 1. The van der Waals surface area contributed by atoms with E-state index in [0.29, 0.717) is 19.6 Å². The molecule has 0 spiro atoms. The van der Waals surface area contributed by atoms with Crippen LogP contribution in [0.25, 0.3) is 11.0 Å². The second kappa shape index (κ2) is 9.53. The molecule has 1 fully saturated rings. The summed E-state index contributed by atoms with van der Waals surface area (Å²) in [6, 6.07) is 15.6. The maximum Gasteiger partial charge on any atom is 0.247 e. The normalized spacial score (nSPS) is 17.0. The number of piperidine rings is 1. The van der Waals surface area contributed by atoms with Gasteiger partial charge in [-0.25, -0.2) is 4.98 Å². The molecule has 1 amide bonds. The lowest BCUT2D eigenvalue weighted by Crippen LogP contribution is -2.45. The maximum atomic E-state index is 12.7.